The van der Waals surface area contributed by atoms with Crippen LogP contribution >= 0.6 is 35.6 Å². The molecule has 0 bridgehead atoms. The van der Waals surface area contributed by atoms with Gasteiger partial charge in [-0.15, -0.1) is 12.4 Å². The molecule has 0 aliphatic rings. The zero-order valence-corrected chi connectivity index (χ0v) is 10.1. The minimum atomic E-state index is 0. The number of nitrogens with one attached hydrogen (secondary N) is 1. The van der Waals surface area contributed by atoms with E-state index >= 15 is 0 Å². The fourth-order valence-corrected chi connectivity index (χ4v) is 1.56. The van der Waals surface area contributed by atoms with E-state index in [0.717, 1.165) is 12.0 Å². The summed E-state index contributed by atoms with van der Waals surface area (Å²) in [6, 6.07) is 5.69. The van der Waals surface area contributed by atoms with Gasteiger partial charge in [-0.2, -0.15) is 0 Å². The molecule has 1 aromatic carbocycles. The molecule has 1 rings (SSSR count). The molecule has 0 amide bonds. The van der Waals surface area contributed by atoms with Crippen LogP contribution in [0.3, 0.4) is 0 Å². The molecule has 0 saturated heterocycles. The topological polar surface area (TPSA) is 38.0 Å². The lowest BCUT2D eigenvalue weighted by molar-refractivity contribution is 0.568. The van der Waals surface area contributed by atoms with E-state index in [9.17, 15) is 0 Å². The Morgan fingerprint density at radius 2 is 2.07 bits per heavy atom. The molecular formula is C9H13Cl3N2. The van der Waals surface area contributed by atoms with Crippen molar-refractivity contribution in [2.24, 2.45) is 5.84 Å². The molecule has 0 fully saturated rings. The highest BCUT2D eigenvalue weighted by atomic mass is 35.5. The van der Waals surface area contributed by atoms with Crippen LogP contribution < -0.4 is 11.3 Å². The van der Waals surface area contributed by atoms with Crippen molar-refractivity contribution in [1.29, 1.82) is 0 Å². The number of hydrazine groups is 1. The van der Waals surface area contributed by atoms with Gasteiger partial charge in [0.15, 0.2) is 0 Å². The lowest BCUT2D eigenvalue weighted by Gasteiger charge is -2.10. The van der Waals surface area contributed by atoms with Crippen LogP contribution in [0.2, 0.25) is 10.0 Å². The minimum Gasteiger partial charge on any atom is -0.271 e. The summed E-state index contributed by atoms with van der Waals surface area (Å²) < 4.78 is 0. The van der Waals surface area contributed by atoms with Crippen molar-refractivity contribution in [2.45, 2.75) is 19.4 Å². The van der Waals surface area contributed by atoms with Crippen molar-refractivity contribution in [2.75, 3.05) is 0 Å². The van der Waals surface area contributed by atoms with Crippen molar-refractivity contribution in [3.8, 4) is 0 Å². The van der Waals surface area contributed by atoms with E-state index in [-0.39, 0.29) is 18.4 Å². The molecule has 0 saturated carbocycles. The summed E-state index contributed by atoms with van der Waals surface area (Å²) in [6.45, 7) is 1.99. The second-order valence-corrected chi connectivity index (χ2v) is 3.85. The Balaban J connectivity index is 0.00000169. The monoisotopic (exact) mass is 254 g/mol. The molecule has 3 N–H and O–H groups in total. The Bertz CT molecular complexity index is 291. The SMILES string of the molecule is CC(Cc1ccc(Cl)cc1Cl)NN.Cl. The molecule has 0 aliphatic carbocycles. The first-order valence-corrected chi connectivity index (χ1v) is 4.79. The molecule has 14 heavy (non-hydrogen) atoms. The Kier molecular flexibility index (Phi) is 6.49. The summed E-state index contributed by atoms with van der Waals surface area (Å²) in [5, 5.41) is 1.34. The number of nitrogens with two attached hydrogens (primary N) is 1. The van der Waals surface area contributed by atoms with Crippen LogP contribution in [0.15, 0.2) is 18.2 Å². The van der Waals surface area contributed by atoms with Gasteiger partial charge in [0.05, 0.1) is 0 Å². The van der Waals surface area contributed by atoms with Gasteiger partial charge in [0, 0.05) is 16.1 Å². The Morgan fingerprint density at radius 3 is 2.57 bits per heavy atom. The van der Waals surface area contributed by atoms with Gasteiger partial charge in [-0.3, -0.25) is 11.3 Å². The highest BCUT2D eigenvalue weighted by Gasteiger charge is 2.05. The van der Waals surface area contributed by atoms with Crippen LogP contribution in [0, 0.1) is 0 Å². The van der Waals surface area contributed by atoms with E-state index in [4.69, 9.17) is 29.0 Å². The highest BCUT2D eigenvalue weighted by molar-refractivity contribution is 6.35. The Morgan fingerprint density at radius 1 is 1.43 bits per heavy atom. The zero-order chi connectivity index (χ0) is 9.84. The Labute approximate surface area is 100 Å². The van der Waals surface area contributed by atoms with Gasteiger partial charge in [-0.05, 0) is 31.0 Å². The molecular weight excluding hydrogens is 242 g/mol. The minimum absolute atomic E-state index is 0. The van der Waals surface area contributed by atoms with E-state index in [1.807, 2.05) is 19.1 Å². The fraction of sp³-hybridized carbons (Fsp3) is 0.333. The lowest BCUT2D eigenvalue weighted by atomic mass is 10.1. The van der Waals surface area contributed by atoms with E-state index in [1.165, 1.54) is 0 Å². The molecule has 0 aromatic heterocycles. The third kappa shape index (κ3) is 4.03. The van der Waals surface area contributed by atoms with Crippen molar-refractivity contribution in [3.63, 3.8) is 0 Å². The van der Waals surface area contributed by atoms with Crippen molar-refractivity contribution in [3.05, 3.63) is 33.8 Å². The second kappa shape index (κ2) is 6.49. The maximum absolute atomic E-state index is 5.98. The number of rotatable bonds is 3. The molecule has 0 spiro atoms. The number of halogens is 3. The van der Waals surface area contributed by atoms with Crippen LogP contribution in [0.1, 0.15) is 12.5 Å². The van der Waals surface area contributed by atoms with Crippen molar-refractivity contribution < 1.29 is 0 Å². The van der Waals surface area contributed by atoms with E-state index in [1.54, 1.807) is 6.07 Å². The van der Waals surface area contributed by atoms with Crippen LogP contribution in [0.5, 0.6) is 0 Å². The molecule has 1 atom stereocenters. The van der Waals surface area contributed by atoms with Crippen LogP contribution in [-0.4, -0.2) is 6.04 Å². The van der Waals surface area contributed by atoms with E-state index in [0.29, 0.717) is 10.0 Å². The van der Waals surface area contributed by atoms with E-state index in [2.05, 4.69) is 5.43 Å². The maximum Gasteiger partial charge on any atom is 0.0453 e. The van der Waals surface area contributed by atoms with Gasteiger partial charge in [0.1, 0.15) is 0 Å². The molecule has 1 unspecified atom stereocenters. The predicted molar refractivity (Wildman–Crippen MR) is 64.2 cm³/mol. The third-order valence-corrected chi connectivity index (χ3v) is 2.41. The fourth-order valence-electron chi connectivity index (χ4n) is 1.08. The van der Waals surface area contributed by atoms with Gasteiger partial charge in [-0.25, -0.2) is 0 Å². The molecule has 80 valence electrons. The van der Waals surface area contributed by atoms with E-state index < -0.39 is 0 Å². The molecule has 5 heteroatoms. The lowest BCUT2D eigenvalue weighted by Crippen LogP contribution is -2.34. The first-order valence-electron chi connectivity index (χ1n) is 4.03. The molecule has 0 aliphatic heterocycles. The predicted octanol–water partition coefficient (Wildman–Crippen LogP) is 2.81. The summed E-state index contributed by atoms with van der Waals surface area (Å²) in [5.74, 6) is 5.28. The number of hydrogen-bond donors (Lipinski definition) is 2. The van der Waals surface area contributed by atoms with Gasteiger partial charge in [0.25, 0.3) is 0 Å². The zero-order valence-electron chi connectivity index (χ0n) is 7.76. The van der Waals surface area contributed by atoms with Gasteiger partial charge in [-0.1, -0.05) is 29.3 Å². The summed E-state index contributed by atoms with van der Waals surface area (Å²) in [4.78, 5) is 0. The summed E-state index contributed by atoms with van der Waals surface area (Å²) in [6.07, 6.45) is 0.798. The maximum atomic E-state index is 5.98. The van der Waals surface area contributed by atoms with Crippen molar-refractivity contribution in [1.82, 2.24) is 5.43 Å². The van der Waals surface area contributed by atoms with Crippen LogP contribution in [0.4, 0.5) is 0 Å². The standard InChI is InChI=1S/C9H12Cl2N2.ClH/c1-6(13-12)4-7-2-3-8(10)5-9(7)11;/h2-3,5-6,13H,4,12H2,1H3;1H. The van der Waals surface area contributed by atoms with Gasteiger partial charge < -0.3 is 0 Å². The molecule has 0 heterocycles. The first kappa shape index (κ1) is 14.0. The average Bonchev–Trinajstić information content (AvgIpc) is 2.09. The largest absolute Gasteiger partial charge is 0.271 e. The van der Waals surface area contributed by atoms with Gasteiger partial charge >= 0.3 is 0 Å². The summed E-state index contributed by atoms with van der Waals surface area (Å²) in [5.41, 5.74) is 3.72. The first-order chi connectivity index (χ1) is 6.13. The van der Waals surface area contributed by atoms with Crippen LogP contribution in [0.25, 0.3) is 0 Å². The van der Waals surface area contributed by atoms with Gasteiger partial charge in [0.2, 0.25) is 0 Å². The average molecular weight is 256 g/mol. The highest BCUT2D eigenvalue weighted by Crippen LogP contribution is 2.21. The molecule has 1 aromatic rings. The van der Waals surface area contributed by atoms with Crippen LogP contribution in [-0.2, 0) is 6.42 Å². The smallest absolute Gasteiger partial charge is 0.0453 e. The molecule has 0 radical (unpaired) electrons. The van der Waals surface area contributed by atoms with Crippen molar-refractivity contribution >= 4 is 35.6 Å². The summed E-state index contributed by atoms with van der Waals surface area (Å²) in [7, 11) is 0. The summed E-state index contributed by atoms with van der Waals surface area (Å²) >= 11 is 11.7. The number of hydrogen-bond acceptors (Lipinski definition) is 2. The number of benzene rings is 1. The Hall–Kier alpha value is 0.01000. The second-order valence-electron chi connectivity index (χ2n) is 3.01. The third-order valence-electron chi connectivity index (χ3n) is 1.83. The quantitative estimate of drug-likeness (QED) is 0.644. The molecule has 2 nitrogen and oxygen atoms in total. The normalized spacial score (nSPS) is 12.0.